The summed E-state index contributed by atoms with van der Waals surface area (Å²) >= 11 is 0. The highest BCUT2D eigenvalue weighted by atomic mass is 16.5. The van der Waals surface area contributed by atoms with Crippen molar-refractivity contribution < 1.29 is 4.74 Å². The molecule has 0 radical (unpaired) electrons. The number of hydrogen-bond donors (Lipinski definition) is 1. The number of anilines is 1. The minimum atomic E-state index is 0.230. The third-order valence-corrected chi connectivity index (χ3v) is 4.12. The zero-order chi connectivity index (χ0) is 13.8. The van der Waals surface area contributed by atoms with Crippen molar-refractivity contribution >= 4 is 5.95 Å². The molecule has 1 heterocycles. The number of aromatic nitrogens is 2. The first kappa shape index (κ1) is 12.9. The second-order valence-electron chi connectivity index (χ2n) is 5.28. The molecule has 0 spiro atoms. The number of hydrogen-bond acceptors (Lipinski definition) is 4. The van der Waals surface area contributed by atoms with Crippen molar-refractivity contribution in [3.63, 3.8) is 0 Å². The first-order valence-electron chi connectivity index (χ1n) is 6.99. The van der Waals surface area contributed by atoms with Crippen LogP contribution in [0.25, 0.3) is 0 Å². The number of ether oxygens (including phenoxy) is 1. The summed E-state index contributed by atoms with van der Waals surface area (Å²) in [6.07, 6.45) is 5.43. The average Bonchev–Trinajstić information content (AvgIpc) is 2.47. The summed E-state index contributed by atoms with van der Waals surface area (Å²) < 4.78 is 5.12. The first-order chi connectivity index (χ1) is 9.82. The number of methoxy groups -OCH3 is 1. The molecule has 4 heteroatoms. The largest absolute Gasteiger partial charge is 0.481 e. The molecule has 0 unspecified atom stereocenters. The van der Waals surface area contributed by atoms with E-state index in [1.54, 1.807) is 19.4 Å². The van der Waals surface area contributed by atoms with Gasteiger partial charge in [-0.3, -0.25) is 0 Å². The van der Waals surface area contributed by atoms with Crippen molar-refractivity contribution in [3.8, 4) is 5.88 Å². The van der Waals surface area contributed by atoms with Crippen molar-refractivity contribution in [3.05, 3.63) is 48.2 Å². The molecule has 20 heavy (non-hydrogen) atoms. The predicted molar refractivity (Wildman–Crippen MR) is 79.0 cm³/mol. The maximum absolute atomic E-state index is 5.12. The van der Waals surface area contributed by atoms with Crippen LogP contribution < -0.4 is 10.1 Å². The number of nitrogens with zero attached hydrogens (tertiary/aromatic N) is 2. The quantitative estimate of drug-likeness (QED) is 0.906. The van der Waals surface area contributed by atoms with Crippen LogP contribution in [0.3, 0.4) is 0 Å². The van der Waals surface area contributed by atoms with Gasteiger partial charge in [-0.15, -0.1) is 0 Å². The fourth-order valence-corrected chi connectivity index (χ4v) is 2.75. The zero-order valence-corrected chi connectivity index (χ0v) is 11.7. The molecule has 1 N–H and O–H groups in total. The fourth-order valence-electron chi connectivity index (χ4n) is 2.75. The Labute approximate surface area is 119 Å². The van der Waals surface area contributed by atoms with E-state index in [0.717, 1.165) is 6.54 Å². The number of benzene rings is 1. The standard InChI is InChI=1S/C16H19N3O/c1-20-14-8-11-17-15(19-14)18-12-16(9-5-10-16)13-6-3-2-4-7-13/h2-4,6-8,11H,5,9-10,12H2,1H3,(H,17,18,19). The second kappa shape index (κ2) is 5.49. The van der Waals surface area contributed by atoms with Crippen molar-refractivity contribution in [1.29, 1.82) is 0 Å². The Bertz CT molecular complexity index is 567. The Kier molecular flexibility index (Phi) is 3.54. The minimum absolute atomic E-state index is 0.230. The molecule has 0 bridgehead atoms. The highest BCUT2D eigenvalue weighted by Gasteiger charge is 2.38. The molecule has 1 aromatic heterocycles. The van der Waals surface area contributed by atoms with Gasteiger partial charge in [-0.1, -0.05) is 36.8 Å². The number of nitrogens with one attached hydrogen (secondary N) is 1. The third-order valence-electron chi connectivity index (χ3n) is 4.12. The van der Waals surface area contributed by atoms with E-state index in [2.05, 4.69) is 45.6 Å². The molecule has 0 amide bonds. The van der Waals surface area contributed by atoms with Crippen LogP contribution in [0.1, 0.15) is 24.8 Å². The summed E-state index contributed by atoms with van der Waals surface area (Å²) in [7, 11) is 1.61. The molecule has 1 fully saturated rings. The zero-order valence-electron chi connectivity index (χ0n) is 11.7. The topological polar surface area (TPSA) is 47.0 Å². The Morgan fingerprint density at radius 1 is 1.20 bits per heavy atom. The molecule has 0 atom stereocenters. The monoisotopic (exact) mass is 269 g/mol. The van der Waals surface area contributed by atoms with E-state index < -0.39 is 0 Å². The Balaban J connectivity index is 1.73. The van der Waals surface area contributed by atoms with Gasteiger partial charge in [0, 0.05) is 24.2 Å². The first-order valence-corrected chi connectivity index (χ1v) is 6.99. The van der Waals surface area contributed by atoms with Gasteiger partial charge in [0.05, 0.1) is 7.11 Å². The Morgan fingerprint density at radius 2 is 2.00 bits per heavy atom. The van der Waals surface area contributed by atoms with Gasteiger partial charge < -0.3 is 10.1 Å². The Morgan fingerprint density at radius 3 is 2.65 bits per heavy atom. The van der Waals surface area contributed by atoms with Gasteiger partial charge >= 0.3 is 0 Å². The highest BCUT2D eigenvalue weighted by molar-refractivity contribution is 5.34. The lowest BCUT2D eigenvalue weighted by Crippen LogP contribution is -2.41. The maximum Gasteiger partial charge on any atom is 0.225 e. The molecular weight excluding hydrogens is 250 g/mol. The SMILES string of the molecule is COc1ccnc(NCC2(c3ccccc3)CCC2)n1. The summed E-state index contributed by atoms with van der Waals surface area (Å²) in [6, 6.07) is 12.5. The molecular formula is C16H19N3O. The lowest BCUT2D eigenvalue weighted by Gasteiger charge is -2.42. The van der Waals surface area contributed by atoms with Gasteiger partial charge in [-0.05, 0) is 18.4 Å². The van der Waals surface area contributed by atoms with Crippen LogP contribution in [0.15, 0.2) is 42.6 Å². The van der Waals surface area contributed by atoms with E-state index in [0.29, 0.717) is 11.8 Å². The molecule has 1 aliphatic carbocycles. The van der Waals surface area contributed by atoms with Gasteiger partial charge in [0.15, 0.2) is 0 Å². The maximum atomic E-state index is 5.12. The van der Waals surface area contributed by atoms with Gasteiger partial charge in [-0.25, -0.2) is 4.98 Å². The van der Waals surface area contributed by atoms with E-state index in [9.17, 15) is 0 Å². The summed E-state index contributed by atoms with van der Waals surface area (Å²) in [5, 5.41) is 3.36. The van der Waals surface area contributed by atoms with Crippen LogP contribution in [0.2, 0.25) is 0 Å². The summed E-state index contributed by atoms with van der Waals surface area (Å²) in [5.41, 5.74) is 1.63. The molecule has 2 aromatic rings. The van der Waals surface area contributed by atoms with Crippen LogP contribution in [-0.2, 0) is 5.41 Å². The highest BCUT2D eigenvalue weighted by Crippen LogP contribution is 2.43. The normalized spacial score (nSPS) is 16.2. The van der Waals surface area contributed by atoms with Crippen LogP contribution in [0.4, 0.5) is 5.95 Å². The molecule has 1 saturated carbocycles. The third kappa shape index (κ3) is 2.46. The molecule has 4 nitrogen and oxygen atoms in total. The van der Waals surface area contributed by atoms with E-state index in [4.69, 9.17) is 4.74 Å². The summed E-state index contributed by atoms with van der Waals surface area (Å²) in [4.78, 5) is 8.54. The Hall–Kier alpha value is -2.10. The van der Waals surface area contributed by atoms with Gasteiger partial charge in [0.2, 0.25) is 11.8 Å². The fraction of sp³-hybridized carbons (Fsp3) is 0.375. The smallest absolute Gasteiger partial charge is 0.225 e. The number of rotatable bonds is 5. The predicted octanol–water partition coefficient (Wildman–Crippen LogP) is 3.02. The van der Waals surface area contributed by atoms with Crippen LogP contribution >= 0.6 is 0 Å². The van der Waals surface area contributed by atoms with Crippen LogP contribution in [0.5, 0.6) is 5.88 Å². The molecule has 1 aromatic carbocycles. The lowest BCUT2D eigenvalue weighted by atomic mass is 9.64. The molecule has 0 saturated heterocycles. The van der Waals surface area contributed by atoms with Gasteiger partial charge in [-0.2, -0.15) is 4.98 Å². The van der Waals surface area contributed by atoms with Crippen molar-refractivity contribution in [1.82, 2.24) is 9.97 Å². The van der Waals surface area contributed by atoms with Crippen molar-refractivity contribution in [2.24, 2.45) is 0 Å². The molecule has 3 rings (SSSR count). The van der Waals surface area contributed by atoms with E-state index in [1.807, 2.05) is 0 Å². The van der Waals surface area contributed by atoms with Gasteiger partial charge in [0.25, 0.3) is 0 Å². The van der Waals surface area contributed by atoms with Gasteiger partial charge in [0.1, 0.15) is 0 Å². The van der Waals surface area contributed by atoms with Crippen molar-refractivity contribution in [2.75, 3.05) is 19.0 Å². The summed E-state index contributed by atoms with van der Waals surface area (Å²) in [6.45, 7) is 0.865. The lowest BCUT2D eigenvalue weighted by molar-refractivity contribution is 0.260. The molecule has 1 aliphatic rings. The average molecular weight is 269 g/mol. The molecule has 0 aliphatic heterocycles. The van der Waals surface area contributed by atoms with Crippen LogP contribution in [0, 0.1) is 0 Å². The second-order valence-corrected chi connectivity index (χ2v) is 5.28. The van der Waals surface area contributed by atoms with E-state index in [1.165, 1.54) is 24.8 Å². The van der Waals surface area contributed by atoms with Crippen LogP contribution in [-0.4, -0.2) is 23.6 Å². The van der Waals surface area contributed by atoms with E-state index in [-0.39, 0.29) is 5.41 Å². The molecule has 104 valence electrons. The summed E-state index contributed by atoms with van der Waals surface area (Å²) in [5.74, 6) is 1.22. The van der Waals surface area contributed by atoms with Crippen molar-refractivity contribution in [2.45, 2.75) is 24.7 Å². The van der Waals surface area contributed by atoms with E-state index >= 15 is 0 Å². The minimum Gasteiger partial charge on any atom is -0.481 e.